The molecule has 2 amide bonds. The highest BCUT2D eigenvalue weighted by molar-refractivity contribution is 5.99. The van der Waals surface area contributed by atoms with Crippen LogP contribution in [0, 0.1) is 5.92 Å². The number of amides is 2. The minimum absolute atomic E-state index is 0.00841. The molecule has 0 unspecified atom stereocenters. The second-order valence-corrected chi connectivity index (χ2v) is 6.47. The van der Waals surface area contributed by atoms with Gasteiger partial charge in [0.2, 0.25) is 5.91 Å². The van der Waals surface area contributed by atoms with Crippen LogP contribution in [0.15, 0.2) is 18.2 Å². The van der Waals surface area contributed by atoms with Crippen LogP contribution in [0.2, 0.25) is 0 Å². The van der Waals surface area contributed by atoms with Crippen molar-refractivity contribution in [3.05, 3.63) is 23.8 Å². The van der Waals surface area contributed by atoms with Crippen molar-refractivity contribution in [2.75, 3.05) is 39.5 Å². The highest BCUT2D eigenvalue weighted by Crippen LogP contribution is 2.29. The molecule has 6 nitrogen and oxygen atoms in total. The zero-order valence-electron chi connectivity index (χ0n) is 14.4. The van der Waals surface area contributed by atoms with Crippen molar-refractivity contribution in [1.29, 1.82) is 0 Å². The van der Waals surface area contributed by atoms with E-state index in [1.54, 1.807) is 30.1 Å². The number of carbonyl (C=O) groups is 2. The predicted octanol–water partition coefficient (Wildman–Crippen LogP) is 1.68. The molecule has 0 fully saturated rings. The maximum Gasteiger partial charge on any atom is 0.257 e. The number of benzene rings is 1. The van der Waals surface area contributed by atoms with Gasteiger partial charge >= 0.3 is 0 Å². The first-order valence-electron chi connectivity index (χ1n) is 7.76. The fraction of sp³-hybridized carbons (Fsp3) is 0.529. The summed E-state index contributed by atoms with van der Waals surface area (Å²) in [7, 11) is 5.81. The number of nitrogens with one attached hydrogen (secondary N) is 1. The number of anilines is 1. The van der Waals surface area contributed by atoms with Crippen molar-refractivity contribution in [2.24, 2.45) is 5.92 Å². The van der Waals surface area contributed by atoms with Gasteiger partial charge in [-0.3, -0.25) is 9.59 Å². The normalized spacial score (nSPS) is 21.3. The lowest BCUT2D eigenvalue weighted by molar-refractivity contribution is -0.114. The minimum Gasteiger partial charge on any atom is -0.488 e. The van der Waals surface area contributed by atoms with Crippen molar-refractivity contribution in [3.8, 4) is 5.75 Å². The molecule has 0 saturated heterocycles. The highest BCUT2D eigenvalue weighted by Gasteiger charge is 2.29. The Balaban J connectivity index is 2.39. The molecule has 0 radical (unpaired) electrons. The van der Waals surface area contributed by atoms with Crippen molar-refractivity contribution < 1.29 is 14.3 Å². The van der Waals surface area contributed by atoms with Crippen LogP contribution >= 0.6 is 0 Å². The minimum atomic E-state index is -0.170. The molecule has 23 heavy (non-hydrogen) atoms. The van der Waals surface area contributed by atoms with Gasteiger partial charge in [-0.05, 0) is 32.3 Å². The lowest BCUT2D eigenvalue weighted by atomic mass is 10.0. The summed E-state index contributed by atoms with van der Waals surface area (Å²) in [5.41, 5.74) is 1.08. The summed E-state index contributed by atoms with van der Waals surface area (Å²) in [4.78, 5) is 27.6. The number of fused-ring (bicyclic) bond motifs is 1. The van der Waals surface area contributed by atoms with E-state index < -0.39 is 0 Å². The highest BCUT2D eigenvalue weighted by atomic mass is 16.5. The van der Waals surface area contributed by atoms with Crippen LogP contribution in [0.25, 0.3) is 0 Å². The summed E-state index contributed by atoms with van der Waals surface area (Å²) < 4.78 is 6.14. The number of ether oxygens (including phenoxy) is 1. The number of carbonyl (C=O) groups excluding carboxylic acids is 2. The maximum atomic E-state index is 12.6. The predicted molar refractivity (Wildman–Crippen MR) is 89.8 cm³/mol. The molecule has 0 aromatic heterocycles. The first-order chi connectivity index (χ1) is 10.8. The number of hydrogen-bond donors (Lipinski definition) is 1. The summed E-state index contributed by atoms with van der Waals surface area (Å²) in [5, 5.41) is 2.71. The maximum absolute atomic E-state index is 12.6. The molecule has 0 bridgehead atoms. The number of nitrogens with zero attached hydrogens (tertiary/aromatic N) is 2. The summed E-state index contributed by atoms with van der Waals surface area (Å²) >= 11 is 0. The average molecular weight is 319 g/mol. The van der Waals surface area contributed by atoms with Gasteiger partial charge in [0, 0.05) is 38.7 Å². The van der Waals surface area contributed by atoms with Gasteiger partial charge in [0.05, 0.1) is 5.56 Å². The second-order valence-electron chi connectivity index (χ2n) is 6.47. The Morgan fingerprint density at radius 2 is 2.13 bits per heavy atom. The lowest BCUT2D eigenvalue weighted by Gasteiger charge is -2.34. The van der Waals surface area contributed by atoms with E-state index in [-0.39, 0.29) is 23.8 Å². The van der Waals surface area contributed by atoms with E-state index in [1.807, 2.05) is 14.1 Å². The van der Waals surface area contributed by atoms with Gasteiger partial charge < -0.3 is 19.9 Å². The Labute approximate surface area is 137 Å². The van der Waals surface area contributed by atoms with Gasteiger partial charge in [-0.1, -0.05) is 6.92 Å². The zero-order chi connectivity index (χ0) is 17.1. The summed E-state index contributed by atoms with van der Waals surface area (Å²) in [5.74, 6) is 0.517. The SMILES string of the molecule is CC(=O)Nc1ccc2c(c1)C(=O)N(C)C[C@@H](C)[C@H](CN(C)C)O2. The van der Waals surface area contributed by atoms with E-state index in [1.165, 1.54) is 6.92 Å². The third-order valence-corrected chi connectivity index (χ3v) is 3.90. The summed E-state index contributed by atoms with van der Waals surface area (Å²) in [6.07, 6.45) is -0.00841. The topological polar surface area (TPSA) is 61.9 Å². The van der Waals surface area contributed by atoms with Gasteiger partial charge in [-0.2, -0.15) is 0 Å². The molecular weight excluding hydrogens is 294 g/mol. The van der Waals surface area contributed by atoms with Gasteiger partial charge in [0.25, 0.3) is 5.91 Å². The lowest BCUT2D eigenvalue weighted by Crippen LogP contribution is -2.44. The van der Waals surface area contributed by atoms with Gasteiger partial charge in [0.1, 0.15) is 11.9 Å². The van der Waals surface area contributed by atoms with E-state index in [0.29, 0.717) is 23.5 Å². The standard InChI is InChI=1S/C17H25N3O3/c1-11-9-20(5)17(22)14-8-13(18-12(2)21)6-7-15(14)23-16(11)10-19(3)4/h6-8,11,16H,9-10H2,1-5H3,(H,18,21)/t11-,16+/m1/s1. The fourth-order valence-corrected chi connectivity index (χ4v) is 2.78. The Morgan fingerprint density at radius 1 is 1.43 bits per heavy atom. The van der Waals surface area contributed by atoms with Crippen LogP contribution in [-0.4, -0.2) is 62.0 Å². The summed E-state index contributed by atoms with van der Waals surface area (Å²) in [6.45, 7) is 4.93. The molecule has 1 aromatic carbocycles. The molecule has 2 rings (SSSR count). The molecule has 0 saturated carbocycles. The van der Waals surface area contributed by atoms with Gasteiger partial charge in [-0.25, -0.2) is 0 Å². The first-order valence-corrected chi connectivity index (χ1v) is 7.76. The van der Waals surface area contributed by atoms with E-state index in [4.69, 9.17) is 4.74 Å². The Kier molecular flexibility index (Phi) is 5.26. The molecule has 1 N–H and O–H groups in total. The first kappa shape index (κ1) is 17.3. The molecular formula is C17H25N3O3. The number of hydrogen-bond acceptors (Lipinski definition) is 4. The molecule has 0 spiro atoms. The average Bonchev–Trinajstić information content (AvgIpc) is 2.45. The van der Waals surface area contributed by atoms with Crippen LogP contribution in [0.3, 0.4) is 0 Å². The molecule has 1 aromatic rings. The third-order valence-electron chi connectivity index (χ3n) is 3.90. The Hall–Kier alpha value is -2.08. The van der Waals surface area contributed by atoms with Gasteiger partial charge in [0.15, 0.2) is 0 Å². The zero-order valence-corrected chi connectivity index (χ0v) is 14.4. The molecule has 1 aliphatic rings. The van der Waals surface area contributed by atoms with Crippen LogP contribution in [-0.2, 0) is 4.79 Å². The number of likely N-dealkylation sites (N-methyl/N-ethyl adjacent to an activating group) is 1. The van der Waals surface area contributed by atoms with Crippen LogP contribution in [0.4, 0.5) is 5.69 Å². The molecule has 1 aliphatic heterocycles. The van der Waals surface area contributed by atoms with E-state index in [2.05, 4.69) is 17.1 Å². The van der Waals surface area contributed by atoms with Crippen LogP contribution in [0.5, 0.6) is 5.75 Å². The van der Waals surface area contributed by atoms with Crippen molar-refractivity contribution in [2.45, 2.75) is 20.0 Å². The fourth-order valence-electron chi connectivity index (χ4n) is 2.78. The number of rotatable bonds is 3. The monoisotopic (exact) mass is 319 g/mol. The van der Waals surface area contributed by atoms with Crippen LogP contribution in [0.1, 0.15) is 24.2 Å². The smallest absolute Gasteiger partial charge is 0.257 e. The quantitative estimate of drug-likeness (QED) is 0.921. The van der Waals surface area contributed by atoms with Crippen molar-refractivity contribution in [3.63, 3.8) is 0 Å². The third kappa shape index (κ3) is 4.22. The Morgan fingerprint density at radius 3 is 2.74 bits per heavy atom. The van der Waals surface area contributed by atoms with E-state index in [0.717, 1.165) is 6.54 Å². The van der Waals surface area contributed by atoms with Crippen molar-refractivity contribution >= 4 is 17.5 Å². The van der Waals surface area contributed by atoms with E-state index in [9.17, 15) is 9.59 Å². The second kappa shape index (κ2) is 7.00. The molecule has 1 heterocycles. The Bertz CT molecular complexity index is 601. The molecule has 6 heteroatoms. The molecule has 2 atom stereocenters. The van der Waals surface area contributed by atoms with Crippen LogP contribution < -0.4 is 10.1 Å². The molecule has 0 aliphatic carbocycles. The van der Waals surface area contributed by atoms with Gasteiger partial charge in [-0.15, -0.1) is 0 Å². The largest absolute Gasteiger partial charge is 0.488 e. The van der Waals surface area contributed by atoms with E-state index >= 15 is 0 Å². The molecule has 126 valence electrons. The summed E-state index contributed by atoms with van der Waals surface area (Å²) in [6, 6.07) is 5.19. The van der Waals surface area contributed by atoms with Crippen molar-refractivity contribution in [1.82, 2.24) is 9.80 Å².